The Bertz CT molecular complexity index is 346. The van der Waals surface area contributed by atoms with E-state index in [4.69, 9.17) is 5.73 Å². The Morgan fingerprint density at radius 1 is 1.62 bits per heavy atom. The van der Waals surface area contributed by atoms with E-state index in [9.17, 15) is 4.79 Å². The molecule has 1 aromatic rings. The molecule has 0 aliphatic heterocycles. The van der Waals surface area contributed by atoms with Crippen LogP contribution in [-0.4, -0.2) is 28.3 Å². The molecule has 3 N–H and O–H groups in total. The molecule has 0 fully saturated rings. The largest absolute Gasteiger partial charge is 0.349 e. The summed E-state index contributed by atoms with van der Waals surface area (Å²) in [6.07, 6.45) is 2.51. The number of nitrogens with zero attached hydrogens (tertiary/aromatic N) is 2. The Morgan fingerprint density at radius 3 is 2.81 bits per heavy atom. The second kappa shape index (κ2) is 5.65. The van der Waals surface area contributed by atoms with Gasteiger partial charge in [0, 0.05) is 25.8 Å². The summed E-state index contributed by atoms with van der Waals surface area (Å²) >= 11 is 0. The summed E-state index contributed by atoms with van der Waals surface area (Å²) in [6, 6.07) is 1.70. The Hall–Kier alpha value is -1.36. The SMILES string of the molecule is CC(C)CC(N)CNC(=O)c1ccnn1C. The number of aromatic nitrogens is 2. The summed E-state index contributed by atoms with van der Waals surface area (Å²) in [6.45, 7) is 4.73. The number of nitrogens with two attached hydrogens (primary N) is 1. The van der Waals surface area contributed by atoms with E-state index in [1.807, 2.05) is 0 Å². The van der Waals surface area contributed by atoms with Gasteiger partial charge < -0.3 is 11.1 Å². The molecule has 0 aliphatic rings. The fraction of sp³-hybridized carbons (Fsp3) is 0.636. The van der Waals surface area contributed by atoms with Gasteiger partial charge in [-0.25, -0.2) is 0 Å². The summed E-state index contributed by atoms with van der Waals surface area (Å²) in [5.74, 6) is 0.419. The molecule has 0 saturated heterocycles. The van der Waals surface area contributed by atoms with E-state index >= 15 is 0 Å². The molecule has 0 aliphatic carbocycles. The number of carbonyl (C=O) groups excluding carboxylic acids is 1. The molecule has 16 heavy (non-hydrogen) atoms. The van der Waals surface area contributed by atoms with Crippen molar-refractivity contribution in [3.63, 3.8) is 0 Å². The summed E-state index contributed by atoms with van der Waals surface area (Å²) < 4.78 is 1.54. The van der Waals surface area contributed by atoms with Crippen LogP contribution in [0.5, 0.6) is 0 Å². The zero-order chi connectivity index (χ0) is 12.1. The molecule has 0 aromatic carbocycles. The highest BCUT2D eigenvalue weighted by atomic mass is 16.2. The van der Waals surface area contributed by atoms with Gasteiger partial charge in [-0.15, -0.1) is 0 Å². The van der Waals surface area contributed by atoms with Crippen LogP contribution >= 0.6 is 0 Å². The van der Waals surface area contributed by atoms with Crippen LogP contribution in [0.25, 0.3) is 0 Å². The number of carbonyl (C=O) groups is 1. The van der Waals surface area contributed by atoms with Gasteiger partial charge in [-0.1, -0.05) is 13.8 Å². The first-order chi connectivity index (χ1) is 7.50. The lowest BCUT2D eigenvalue weighted by molar-refractivity contribution is 0.0940. The highest BCUT2D eigenvalue weighted by molar-refractivity contribution is 5.92. The van der Waals surface area contributed by atoms with Crippen molar-refractivity contribution in [1.29, 1.82) is 0 Å². The van der Waals surface area contributed by atoms with E-state index in [2.05, 4.69) is 24.3 Å². The zero-order valence-electron chi connectivity index (χ0n) is 10.1. The summed E-state index contributed by atoms with van der Waals surface area (Å²) in [5.41, 5.74) is 6.43. The molecule has 0 bridgehead atoms. The van der Waals surface area contributed by atoms with Crippen molar-refractivity contribution in [3.05, 3.63) is 18.0 Å². The minimum Gasteiger partial charge on any atom is -0.349 e. The van der Waals surface area contributed by atoms with Crippen molar-refractivity contribution in [1.82, 2.24) is 15.1 Å². The van der Waals surface area contributed by atoms with E-state index < -0.39 is 0 Å². The highest BCUT2D eigenvalue weighted by Crippen LogP contribution is 2.02. The van der Waals surface area contributed by atoms with E-state index in [-0.39, 0.29) is 11.9 Å². The minimum atomic E-state index is -0.126. The Balaban J connectivity index is 2.39. The lowest BCUT2D eigenvalue weighted by Gasteiger charge is -2.14. The molecule has 0 radical (unpaired) electrons. The van der Waals surface area contributed by atoms with Crippen LogP contribution in [0.3, 0.4) is 0 Å². The molecular formula is C11H20N4O. The van der Waals surface area contributed by atoms with E-state index in [0.717, 1.165) is 6.42 Å². The zero-order valence-corrected chi connectivity index (χ0v) is 10.1. The van der Waals surface area contributed by atoms with Gasteiger partial charge in [0.2, 0.25) is 0 Å². The van der Waals surface area contributed by atoms with Crippen molar-refractivity contribution in [2.75, 3.05) is 6.54 Å². The Kier molecular flexibility index (Phi) is 4.49. The van der Waals surface area contributed by atoms with E-state index in [0.29, 0.717) is 18.2 Å². The molecule has 90 valence electrons. The van der Waals surface area contributed by atoms with Gasteiger partial charge in [0.05, 0.1) is 0 Å². The van der Waals surface area contributed by atoms with Crippen LogP contribution < -0.4 is 11.1 Å². The molecule has 1 unspecified atom stereocenters. The normalized spacial score (nSPS) is 12.8. The van der Waals surface area contributed by atoms with Crippen molar-refractivity contribution in [2.45, 2.75) is 26.3 Å². The quantitative estimate of drug-likeness (QED) is 0.766. The minimum absolute atomic E-state index is 0.0113. The van der Waals surface area contributed by atoms with Crippen molar-refractivity contribution in [3.8, 4) is 0 Å². The average Bonchev–Trinajstić information content (AvgIpc) is 2.60. The summed E-state index contributed by atoms with van der Waals surface area (Å²) in [7, 11) is 1.74. The summed E-state index contributed by atoms with van der Waals surface area (Å²) in [5, 5.41) is 6.74. The molecule has 1 atom stereocenters. The van der Waals surface area contributed by atoms with Gasteiger partial charge >= 0.3 is 0 Å². The van der Waals surface area contributed by atoms with Crippen LogP contribution in [0, 0.1) is 5.92 Å². The first-order valence-electron chi connectivity index (χ1n) is 5.52. The maximum atomic E-state index is 11.7. The third-order valence-corrected chi connectivity index (χ3v) is 2.35. The second-order valence-corrected chi connectivity index (χ2v) is 4.44. The molecule has 1 aromatic heterocycles. The predicted molar refractivity (Wildman–Crippen MR) is 63.0 cm³/mol. The van der Waals surface area contributed by atoms with Gasteiger partial charge in [-0.2, -0.15) is 5.10 Å². The van der Waals surface area contributed by atoms with Crippen molar-refractivity contribution < 1.29 is 4.79 Å². The van der Waals surface area contributed by atoms with Crippen molar-refractivity contribution in [2.24, 2.45) is 18.7 Å². The van der Waals surface area contributed by atoms with E-state index in [1.165, 1.54) is 0 Å². The molecule has 1 heterocycles. The van der Waals surface area contributed by atoms with Gasteiger partial charge in [0.1, 0.15) is 5.69 Å². The predicted octanol–water partition coefficient (Wildman–Crippen LogP) is 0.523. The number of rotatable bonds is 5. The lowest BCUT2D eigenvalue weighted by atomic mass is 10.0. The second-order valence-electron chi connectivity index (χ2n) is 4.44. The standard InChI is InChI=1S/C11H20N4O/c1-8(2)6-9(12)7-13-11(16)10-4-5-14-15(10)3/h4-5,8-9H,6-7,12H2,1-3H3,(H,13,16). The van der Waals surface area contributed by atoms with Gasteiger partial charge in [0.15, 0.2) is 0 Å². The number of amides is 1. The fourth-order valence-corrected chi connectivity index (χ4v) is 1.60. The smallest absolute Gasteiger partial charge is 0.269 e. The van der Waals surface area contributed by atoms with Crippen LogP contribution in [-0.2, 0) is 7.05 Å². The lowest BCUT2D eigenvalue weighted by Crippen LogP contribution is -2.38. The van der Waals surface area contributed by atoms with Crippen LogP contribution in [0.2, 0.25) is 0 Å². The molecule has 5 nitrogen and oxygen atoms in total. The topological polar surface area (TPSA) is 72.9 Å². The fourth-order valence-electron chi connectivity index (χ4n) is 1.60. The molecule has 1 amide bonds. The molecule has 1 rings (SSSR count). The molecule has 0 spiro atoms. The number of aryl methyl sites for hydroxylation is 1. The third-order valence-electron chi connectivity index (χ3n) is 2.35. The Labute approximate surface area is 96.0 Å². The maximum Gasteiger partial charge on any atom is 0.269 e. The third kappa shape index (κ3) is 3.66. The van der Waals surface area contributed by atoms with Crippen LogP contribution in [0.1, 0.15) is 30.8 Å². The highest BCUT2D eigenvalue weighted by Gasteiger charge is 2.11. The first kappa shape index (κ1) is 12.7. The van der Waals surface area contributed by atoms with E-state index in [1.54, 1.807) is 24.0 Å². The number of hydrogen-bond acceptors (Lipinski definition) is 3. The van der Waals surface area contributed by atoms with Crippen molar-refractivity contribution >= 4 is 5.91 Å². The number of hydrogen-bond donors (Lipinski definition) is 2. The van der Waals surface area contributed by atoms with Gasteiger partial charge in [-0.05, 0) is 18.4 Å². The monoisotopic (exact) mass is 224 g/mol. The number of nitrogens with one attached hydrogen (secondary N) is 1. The summed E-state index contributed by atoms with van der Waals surface area (Å²) in [4.78, 5) is 11.7. The molecule has 0 saturated carbocycles. The van der Waals surface area contributed by atoms with Crippen LogP contribution in [0.15, 0.2) is 12.3 Å². The maximum absolute atomic E-state index is 11.7. The average molecular weight is 224 g/mol. The Morgan fingerprint density at radius 2 is 2.31 bits per heavy atom. The van der Waals surface area contributed by atoms with Gasteiger partial charge in [0.25, 0.3) is 5.91 Å². The van der Waals surface area contributed by atoms with Crippen LogP contribution in [0.4, 0.5) is 0 Å². The molecule has 5 heteroatoms. The van der Waals surface area contributed by atoms with Gasteiger partial charge in [-0.3, -0.25) is 9.48 Å². The molecular weight excluding hydrogens is 204 g/mol. The first-order valence-corrected chi connectivity index (χ1v) is 5.52.